The fourth-order valence-corrected chi connectivity index (χ4v) is 2.40. The molecule has 0 aliphatic carbocycles. The Balaban J connectivity index is 2.72. The Hall–Kier alpha value is -0.670. The molecule has 0 saturated heterocycles. The zero-order valence-corrected chi connectivity index (χ0v) is 12.2. The lowest BCUT2D eigenvalue weighted by molar-refractivity contribution is 0.399. The van der Waals surface area contributed by atoms with Crippen LogP contribution in [0, 0.1) is 0 Å². The van der Waals surface area contributed by atoms with E-state index in [1.54, 1.807) is 18.2 Å². The Morgan fingerprint density at radius 3 is 2.28 bits per heavy atom. The summed E-state index contributed by atoms with van der Waals surface area (Å²) in [6.45, 7) is 0. The summed E-state index contributed by atoms with van der Waals surface area (Å²) in [6.07, 6.45) is 1.49. The molecule has 0 amide bonds. The van der Waals surface area contributed by atoms with Crippen LogP contribution in [0.15, 0.2) is 24.4 Å². The van der Waals surface area contributed by atoms with Gasteiger partial charge in [-0.25, -0.2) is 4.98 Å². The maximum absolute atomic E-state index is 6.16. The molecule has 0 aliphatic rings. The highest BCUT2D eigenvalue weighted by molar-refractivity contribution is 6.45. The molecule has 0 aliphatic heterocycles. The first kappa shape index (κ1) is 13.8. The minimum absolute atomic E-state index is 0.362. The molecule has 1 heterocycles. The first-order chi connectivity index (χ1) is 8.52. The minimum Gasteiger partial charge on any atom is -0.481 e. The Labute approximate surface area is 124 Å². The fraction of sp³-hybridized carbons (Fsp3) is 0.0833. The predicted molar refractivity (Wildman–Crippen MR) is 76.3 cm³/mol. The van der Waals surface area contributed by atoms with Gasteiger partial charge in [0.25, 0.3) is 0 Å². The number of pyridine rings is 1. The second kappa shape index (κ2) is 5.54. The number of methoxy groups -OCH3 is 1. The number of halogens is 4. The lowest BCUT2D eigenvalue weighted by atomic mass is 10.1. The zero-order chi connectivity index (χ0) is 13.3. The fourth-order valence-electron chi connectivity index (χ4n) is 1.53. The summed E-state index contributed by atoms with van der Waals surface area (Å²) in [7, 11) is 1.51. The number of benzene rings is 1. The molecule has 2 aromatic rings. The molecule has 1 aromatic carbocycles. The first-order valence-corrected chi connectivity index (χ1v) is 6.38. The van der Waals surface area contributed by atoms with Crippen molar-refractivity contribution in [2.75, 3.05) is 7.11 Å². The van der Waals surface area contributed by atoms with Crippen molar-refractivity contribution in [3.63, 3.8) is 0 Å². The predicted octanol–water partition coefficient (Wildman–Crippen LogP) is 5.37. The third-order valence-corrected chi connectivity index (χ3v) is 3.52. The summed E-state index contributed by atoms with van der Waals surface area (Å²) >= 11 is 24.1. The highest BCUT2D eigenvalue weighted by atomic mass is 35.5. The van der Waals surface area contributed by atoms with E-state index in [0.29, 0.717) is 37.1 Å². The Morgan fingerprint density at radius 1 is 0.944 bits per heavy atom. The summed E-state index contributed by atoms with van der Waals surface area (Å²) in [5.41, 5.74) is 1.26. The maximum atomic E-state index is 6.16. The number of hydrogen-bond acceptors (Lipinski definition) is 2. The second-order valence-corrected chi connectivity index (χ2v) is 5.12. The molecule has 2 nitrogen and oxygen atoms in total. The standard InChI is InChI=1S/C12H7Cl4NO/c1-18-12-9(3-7(14)5-17-12)8-2-6(13)4-10(15)11(8)16/h2-5H,1H3. The van der Waals surface area contributed by atoms with Gasteiger partial charge in [0.05, 0.1) is 22.2 Å². The summed E-state index contributed by atoms with van der Waals surface area (Å²) in [5, 5.41) is 1.68. The van der Waals surface area contributed by atoms with Gasteiger partial charge in [-0.3, -0.25) is 0 Å². The molecule has 0 fully saturated rings. The van der Waals surface area contributed by atoms with Crippen LogP contribution in [0.3, 0.4) is 0 Å². The van der Waals surface area contributed by atoms with Crippen molar-refractivity contribution >= 4 is 46.4 Å². The number of ether oxygens (including phenoxy) is 1. The van der Waals surface area contributed by atoms with E-state index in [0.717, 1.165) is 0 Å². The van der Waals surface area contributed by atoms with Crippen LogP contribution in [0.25, 0.3) is 11.1 Å². The van der Waals surface area contributed by atoms with Gasteiger partial charge in [-0.1, -0.05) is 46.4 Å². The second-order valence-electron chi connectivity index (χ2n) is 3.46. The molecule has 2 rings (SSSR count). The van der Waals surface area contributed by atoms with Gasteiger partial charge in [-0.15, -0.1) is 0 Å². The normalized spacial score (nSPS) is 10.5. The molecule has 1 aromatic heterocycles. The van der Waals surface area contributed by atoms with E-state index >= 15 is 0 Å². The van der Waals surface area contributed by atoms with Crippen molar-refractivity contribution in [3.05, 3.63) is 44.5 Å². The maximum Gasteiger partial charge on any atom is 0.221 e. The van der Waals surface area contributed by atoms with Crippen molar-refractivity contribution < 1.29 is 4.74 Å². The third kappa shape index (κ3) is 2.67. The Kier molecular flexibility index (Phi) is 4.23. The molecular formula is C12H7Cl4NO. The lowest BCUT2D eigenvalue weighted by Gasteiger charge is -2.11. The van der Waals surface area contributed by atoms with E-state index in [1.807, 2.05) is 0 Å². The van der Waals surface area contributed by atoms with E-state index in [1.165, 1.54) is 13.3 Å². The SMILES string of the molecule is COc1ncc(Cl)cc1-c1cc(Cl)cc(Cl)c1Cl. The molecule has 18 heavy (non-hydrogen) atoms. The largest absolute Gasteiger partial charge is 0.481 e. The molecular weight excluding hydrogens is 316 g/mol. The van der Waals surface area contributed by atoms with Crippen LogP contribution in [-0.2, 0) is 0 Å². The molecule has 0 unspecified atom stereocenters. The van der Waals surface area contributed by atoms with Crippen LogP contribution < -0.4 is 4.74 Å². The van der Waals surface area contributed by atoms with Crippen molar-refractivity contribution in [3.8, 4) is 17.0 Å². The molecule has 94 valence electrons. The number of nitrogens with zero attached hydrogens (tertiary/aromatic N) is 1. The van der Waals surface area contributed by atoms with E-state index in [2.05, 4.69) is 4.98 Å². The average molecular weight is 323 g/mol. The topological polar surface area (TPSA) is 22.1 Å². The van der Waals surface area contributed by atoms with Crippen LogP contribution in [0.5, 0.6) is 5.88 Å². The monoisotopic (exact) mass is 321 g/mol. The van der Waals surface area contributed by atoms with Gasteiger partial charge in [0.15, 0.2) is 0 Å². The van der Waals surface area contributed by atoms with Gasteiger partial charge < -0.3 is 4.74 Å². The van der Waals surface area contributed by atoms with E-state index in [4.69, 9.17) is 51.1 Å². The van der Waals surface area contributed by atoms with E-state index in [9.17, 15) is 0 Å². The van der Waals surface area contributed by atoms with Crippen LogP contribution >= 0.6 is 46.4 Å². The van der Waals surface area contributed by atoms with Crippen LogP contribution in [0.1, 0.15) is 0 Å². The summed E-state index contributed by atoms with van der Waals surface area (Å²) in [5.74, 6) is 0.402. The number of aromatic nitrogens is 1. The first-order valence-electron chi connectivity index (χ1n) is 4.87. The number of hydrogen-bond donors (Lipinski definition) is 0. The van der Waals surface area contributed by atoms with Crippen LogP contribution in [-0.4, -0.2) is 12.1 Å². The minimum atomic E-state index is 0.362. The molecule has 0 atom stereocenters. The zero-order valence-electron chi connectivity index (χ0n) is 9.18. The van der Waals surface area contributed by atoms with Gasteiger partial charge in [0.2, 0.25) is 5.88 Å². The highest BCUT2D eigenvalue weighted by Gasteiger charge is 2.14. The van der Waals surface area contributed by atoms with Crippen molar-refractivity contribution in [1.82, 2.24) is 4.98 Å². The molecule has 6 heteroatoms. The van der Waals surface area contributed by atoms with Crippen molar-refractivity contribution in [2.24, 2.45) is 0 Å². The summed E-state index contributed by atoms with van der Waals surface area (Å²) in [6, 6.07) is 4.95. The average Bonchev–Trinajstić information content (AvgIpc) is 2.33. The molecule has 0 bridgehead atoms. The lowest BCUT2D eigenvalue weighted by Crippen LogP contribution is -1.92. The summed E-state index contributed by atoms with van der Waals surface area (Å²) in [4.78, 5) is 4.07. The quantitative estimate of drug-likeness (QED) is 0.693. The third-order valence-electron chi connectivity index (χ3n) is 2.29. The van der Waals surface area contributed by atoms with Crippen molar-refractivity contribution in [2.45, 2.75) is 0 Å². The Morgan fingerprint density at radius 2 is 1.61 bits per heavy atom. The van der Waals surface area contributed by atoms with Gasteiger partial charge in [0, 0.05) is 22.3 Å². The molecule has 0 spiro atoms. The Bertz CT molecular complexity index is 601. The van der Waals surface area contributed by atoms with Crippen molar-refractivity contribution in [1.29, 1.82) is 0 Å². The van der Waals surface area contributed by atoms with Gasteiger partial charge in [0.1, 0.15) is 0 Å². The highest BCUT2D eigenvalue weighted by Crippen LogP contribution is 2.40. The van der Waals surface area contributed by atoms with Crippen LogP contribution in [0.4, 0.5) is 0 Å². The molecule has 0 radical (unpaired) electrons. The van der Waals surface area contributed by atoms with E-state index < -0.39 is 0 Å². The van der Waals surface area contributed by atoms with Gasteiger partial charge in [-0.05, 0) is 18.2 Å². The molecule has 0 saturated carbocycles. The van der Waals surface area contributed by atoms with Gasteiger partial charge >= 0.3 is 0 Å². The molecule has 0 N–H and O–H groups in total. The summed E-state index contributed by atoms with van der Waals surface area (Å²) < 4.78 is 5.17. The number of rotatable bonds is 2. The smallest absolute Gasteiger partial charge is 0.221 e. The van der Waals surface area contributed by atoms with E-state index in [-0.39, 0.29) is 0 Å². The van der Waals surface area contributed by atoms with Gasteiger partial charge in [-0.2, -0.15) is 0 Å². The van der Waals surface area contributed by atoms with Crippen LogP contribution in [0.2, 0.25) is 20.1 Å².